The first-order chi connectivity index (χ1) is 19.7. The number of pyridine rings is 1. The highest BCUT2D eigenvalue weighted by Gasteiger charge is 2.42. The molecule has 2 aromatic carbocycles. The van der Waals surface area contributed by atoms with Gasteiger partial charge in [-0.25, -0.2) is 4.79 Å². The Kier molecular flexibility index (Phi) is 7.76. The number of hydrogen-bond donors (Lipinski definition) is 3. The number of β-amino-alcohol motifs (C(OH)–C–C–N with tert-alkyl or cyclic N) is 1. The number of anilines is 1. The van der Waals surface area contributed by atoms with Crippen LogP contribution in [0, 0.1) is 11.8 Å². The van der Waals surface area contributed by atoms with Crippen LogP contribution in [0.15, 0.2) is 66.9 Å². The molecule has 3 heterocycles. The number of rotatable bonds is 5. The fourth-order valence-electron chi connectivity index (χ4n) is 4.39. The van der Waals surface area contributed by atoms with Gasteiger partial charge in [-0.2, -0.15) is 0 Å². The monoisotopic (exact) mass is 555 g/mol. The molecule has 41 heavy (non-hydrogen) atoms. The van der Waals surface area contributed by atoms with E-state index >= 15 is 0 Å². The summed E-state index contributed by atoms with van der Waals surface area (Å²) in [5, 5.41) is 16.0. The number of aliphatic hydroxyl groups is 1. The van der Waals surface area contributed by atoms with Gasteiger partial charge in [-0.15, -0.1) is 0 Å². The second-order valence-corrected chi connectivity index (χ2v) is 9.68. The number of carbonyl (C=O) groups is 3. The first-order valence-corrected chi connectivity index (χ1v) is 13.1. The minimum Gasteiger partial charge on any atom is -0.489 e. The molecule has 0 aliphatic carbocycles. The number of carbonyl (C=O) groups excluding carboxylic acids is 3. The van der Waals surface area contributed by atoms with Crippen LogP contribution in [0.25, 0.3) is 0 Å². The van der Waals surface area contributed by atoms with Crippen molar-refractivity contribution >= 4 is 23.5 Å². The average molecular weight is 556 g/mol. The van der Waals surface area contributed by atoms with E-state index in [0.29, 0.717) is 35.0 Å². The number of urea groups is 1. The Morgan fingerprint density at radius 1 is 1.15 bits per heavy atom. The van der Waals surface area contributed by atoms with Gasteiger partial charge >= 0.3 is 6.03 Å². The molecule has 11 heteroatoms. The third kappa shape index (κ3) is 6.23. The average Bonchev–Trinajstić information content (AvgIpc) is 3.07. The molecular weight excluding hydrogens is 526 g/mol. The summed E-state index contributed by atoms with van der Waals surface area (Å²) < 4.78 is 11.6. The Balaban J connectivity index is 1.24. The number of aromatic nitrogens is 1. The van der Waals surface area contributed by atoms with Crippen LogP contribution in [0.4, 0.5) is 10.5 Å². The zero-order valence-electron chi connectivity index (χ0n) is 22.6. The summed E-state index contributed by atoms with van der Waals surface area (Å²) in [6, 6.07) is 16.1. The van der Waals surface area contributed by atoms with Gasteiger partial charge in [0, 0.05) is 31.4 Å². The number of para-hydroxylation sites is 1. The molecule has 1 fully saturated rings. The van der Waals surface area contributed by atoms with Gasteiger partial charge in [0.25, 0.3) is 11.8 Å². The Morgan fingerprint density at radius 3 is 2.68 bits per heavy atom. The molecule has 0 unspecified atom stereocenters. The molecule has 5 rings (SSSR count). The van der Waals surface area contributed by atoms with E-state index in [0.717, 1.165) is 0 Å². The van der Waals surface area contributed by atoms with E-state index in [4.69, 9.17) is 9.47 Å². The third-order valence-corrected chi connectivity index (χ3v) is 6.56. The highest BCUT2D eigenvalue weighted by molar-refractivity contribution is 6.03. The molecule has 210 valence electrons. The minimum absolute atomic E-state index is 0.0808. The van der Waals surface area contributed by atoms with E-state index in [1.54, 1.807) is 43.4 Å². The lowest BCUT2D eigenvalue weighted by Crippen LogP contribution is -2.64. The van der Waals surface area contributed by atoms with E-state index in [-0.39, 0.29) is 37.3 Å². The molecular formula is C30H29N5O6. The van der Waals surface area contributed by atoms with Gasteiger partial charge < -0.3 is 35.0 Å². The number of nitrogens with zero attached hydrogens (tertiary/aromatic N) is 3. The predicted octanol–water partition coefficient (Wildman–Crippen LogP) is 2.16. The van der Waals surface area contributed by atoms with Crippen molar-refractivity contribution in [1.82, 2.24) is 20.5 Å². The van der Waals surface area contributed by atoms with Crippen LogP contribution in [0.3, 0.4) is 0 Å². The van der Waals surface area contributed by atoms with Crippen LogP contribution >= 0.6 is 0 Å². The normalized spacial score (nSPS) is 17.0. The summed E-state index contributed by atoms with van der Waals surface area (Å²) in [5.41, 5.74) is -0.186. The zero-order chi connectivity index (χ0) is 29.0. The summed E-state index contributed by atoms with van der Waals surface area (Å²) in [6.45, 7) is 2.46. The highest BCUT2D eigenvalue weighted by atomic mass is 16.5. The number of likely N-dealkylation sites (tertiary alicyclic amines) is 1. The Morgan fingerprint density at radius 2 is 1.93 bits per heavy atom. The molecule has 0 saturated carbocycles. The molecule has 3 N–H and O–H groups in total. The number of likely N-dealkylation sites (N-methyl/N-ethyl adjacent to an activating group) is 1. The summed E-state index contributed by atoms with van der Waals surface area (Å²) in [6.07, 6.45) is 1.46. The lowest BCUT2D eigenvalue weighted by atomic mass is 9.95. The van der Waals surface area contributed by atoms with Gasteiger partial charge in [-0.3, -0.25) is 14.6 Å². The van der Waals surface area contributed by atoms with Crippen LogP contribution in [0.2, 0.25) is 0 Å². The van der Waals surface area contributed by atoms with Crippen LogP contribution in [-0.2, 0) is 4.79 Å². The van der Waals surface area contributed by atoms with Crippen molar-refractivity contribution in [2.75, 3.05) is 38.2 Å². The number of ether oxygens (including phenoxy) is 2. The van der Waals surface area contributed by atoms with Crippen molar-refractivity contribution in [3.05, 3.63) is 78.1 Å². The molecule has 4 amide bonds. The maximum atomic E-state index is 13.3. The lowest BCUT2D eigenvalue weighted by molar-refractivity contribution is -0.120. The van der Waals surface area contributed by atoms with E-state index in [1.165, 1.54) is 22.1 Å². The highest BCUT2D eigenvalue weighted by Crippen LogP contribution is 2.32. The second kappa shape index (κ2) is 11.6. The number of fused-ring (bicyclic) bond motifs is 1. The van der Waals surface area contributed by atoms with Crippen molar-refractivity contribution < 1.29 is 29.0 Å². The topological polar surface area (TPSA) is 133 Å². The first kappa shape index (κ1) is 27.5. The second-order valence-electron chi connectivity index (χ2n) is 9.68. The number of amides is 4. The van der Waals surface area contributed by atoms with E-state index in [2.05, 4.69) is 27.5 Å². The minimum atomic E-state index is -1.30. The Bertz CT molecular complexity index is 1530. The fourth-order valence-corrected chi connectivity index (χ4v) is 4.39. The smallest absolute Gasteiger partial charge is 0.317 e. The standard InChI is InChI=1S/C30H29N5O6/c1-3-31-29(38)35-18-30(39,19-35)13-11-20-9-10-26-25(15-20)34(2)28(37)24(17-40-26)33-27(36)23-16-22(12-14-32-23)41-21-7-5-4-6-8-21/h4-10,12,14-16,24,39H,3,17-19H2,1-2H3,(H,31,38)(H,33,36)/t24-/m0/s1. The molecule has 1 saturated heterocycles. The fraction of sp³-hybridized carbons (Fsp3) is 0.267. The predicted molar refractivity (Wildman–Crippen MR) is 150 cm³/mol. The summed E-state index contributed by atoms with van der Waals surface area (Å²) >= 11 is 0. The molecule has 2 aliphatic rings. The maximum absolute atomic E-state index is 13.3. The lowest BCUT2D eigenvalue weighted by Gasteiger charge is -2.42. The number of hydrogen-bond acceptors (Lipinski definition) is 7. The summed E-state index contributed by atoms with van der Waals surface area (Å²) in [5.74, 6) is 6.32. The van der Waals surface area contributed by atoms with Crippen LogP contribution in [0.5, 0.6) is 17.2 Å². The summed E-state index contributed by atoms with van der Waals surface area (Å²) in [4.78, 5) is 45.2. The quantitative estimate of drug-likeness (QED) is 0.411. The van der Waals surface area contributed by atoms with Crippen molar-refractivity contribution in [1.29, 1.82) is 0 Å². The number of nitrogens with one attached hydrogen (secondary N) is 2. The molecule has 2 aliphatic heterocycles. The molecule has 1 aromatic heterocycles. The van der Waals surface area contributed by atoms with Gasteiger partial charge in [0.1, 0.15) is 35.6 Å². The third-order valence-electron chi connectivity index (χ3n) is 6.56. The Hall–Kier alpha value is -5.08. The zero-order valence-corrected chi connectivity index (χ0v) is 22.6. The number of benzene rings is 2. The SMILES string of the molecule is CCNC(=O)N1CC(O)(C#Cc2ccc3c(c2)N(C)C(=O)[C@@H](NC(=O)c2cc(Oc4ccccc4)ccn2)CO3)C1. The maximum Gasteiger partial charge on any atom is 0.317 e. The Labute approximate surface area is 237 Å². The molecule has 1 atom stereocenters. The van der Waals surface area contributed by atoms with Gasteiger partial charge in [0.2, 0.25) is 0 Å². The van der Waals surface area contributed by atoms with Crippen molar-refractivity contribution in [2.24, 2.45) is 0 Å². The molecule has 11 nitrogen and oxygen atoms in total. The van der Waals surface area contributed by atoms with Crippen molar-refractivity contribution in [3.8, 4) is 29.1 Å². The molecule has 0 bridgehead atoms. The van der Waals surface area contributed by atoms with Crippen LogP contribution in [0.1, 0.15) is 23.0 Å². The first-order valence-electron chi connectivity index (χ1n) is 13.1. The molecule has 0 spiro atoms. The molecule has 0 radical (unpaired) electrons. The molecule has 3 aromatic rings. The van der Waals surface area contributed by atoms with Gasteiger partial charge in [0.15, 0.2) is 5.60 Å². The largest absolute Gasteiger partial charge is 0.489 e. The van der Waals surface area contributed by atoms with Crippen molar-refractivity contribution in [2.45, 2.75) is 18.6 Å². The van der Waals surface area contributed by atoms with E-state index in [1.807, 2.05) is 25.1 Å². The van der Waals surface area contributed by atoms with Crippen LogP contribution in [-0.4, -0.2) is 77.8 Å². The van der Waals surface area contributed by atoms with Gasteiger partial charge in [0.05, 0.1) is 18.8 Å². The van der Waals surface area contributed by atoms with Crippen molar-refractivity contribution in [3.63, 3.8) is 0 Å². The van der Waals surface area contributed by atoms with E-state index < -0.39 is 17.6 Å². The summed E-state index contributed by atoms with van der Waals surface area (Å²) in [7, 11) is 1.59. The van der Waals surface area contributed by atoms with Gasteiger partial charge in [-0.05, 0) is 43.3 Å². The van der Waals surface area contributed by atoms with Gasteiger partial charge in [-0.1, -0.05) is 30.0 Å². The van der Waals surface area contributed by atoms with Crippen LogP contribution < -0.4 is 25.0 Å². The van der Waals surface area contributed by atoms with E-state index in [9.17, 15) is 19.5 Å².